The number of hydrogen-bond donors (Lipinski definition) is 1. The van der Waals surface area contributed by atoms with Gasteiger partial charge in [0.2, 0.25) is 5.89 Å². The molecule has 0 saturated heterocycles. The van der Waals surface area contributed by atoms with Gasteiger partial charge in [-0.1, -0.05) is 22.9 Å². The van der Waals surface area contributed by atoms with Crippen LogP contribution in [-0.4, -0.2) is 17.3 Å². The monoisotopic (exact) mass is 309 g/mol. The highest BCUT2D eigenvalue weighted by Gasteiger charge is 2.38. The molecule has 1 fully saturated rings. The van der Waals surface area contributed by atoms with E-state index in [9.17, 15) is 0 Å². The molecule has 114 valence electrons. The average molecular weight is 310 g/mol. The summed E-state index contributed by atoms with van der Waals surface area (Å²) in [4.78, 5) is 4.45. The molecule has 0 unspecified atom stereocenters. The Kier molecular flexibility index (Phi) is 4.54. The number of aryl methyl sites for hydroxylation is 1. The molecule has 0 atom stereocenters. The third-order valence-electron chi connectivity index (χ3n) is 3.94. The summed E-state index contributed by atoms with van der Waals surface area (Å²) in [6, 6.07) is 6.05. The Morgan fingerprint density at radius 1 is 1.38 bits per heavy atom. The molecule has 0 bridgehead atoms. The summed E-state index contributed by atoms with van der Waals surface area (Å²) in [5.74, 6) is 2.05. The fourth-order valence-electron chi connectivity index (χ4n) is 2.52. The minimum absolute atomic E-state index is 0. The quantitative estimate of drug-likeness (QED) is 0.940. The van der Waals surface area contributed by atoms with Crippen molar-refractivity contribution in [2.45, 2.75) is 38.1 Å². The molecule has 21 heavy (non-hydrogen) atoms. The lowest BCUT2D eigenvalue weighted by Gasteiger charge is -2.34. The zero-order valence-corrected chi connectivity index (χ0v) is 13.1. The molecule has 1 aliphatic rings. The van der Waals surface area contributed by atoms with Crippen LogP contribution in [-0.2, 0) is 12.0 Å². The molecule has 6 heteroatoms. The molecule has 0 aliphatic heterocycles. The number of nitrogens with zero attached hydrogens (tertiary/aromatic N) is 2. The van der Waals surface area contributed by atoms with Gasteiger partial charge in [-0.05, 0) is 32.3 Å². The fraction of sp³-hybridized carbons (Fsp3) is 0.467. The summed E-state index contributed by atoms with van der Waals surface area (Å²) in [7, 11) is 1.66. The van der Waals surface area contributed by atoms with Gasteiger partial charge in [0.05, 0.1) is 19.1 Å². The van der Waals surface area contributed by atoms with E-state index in [-0.39, 0.29) is 17.9 Å². The second-order valence-corrected chi connectivity index (χ2v) is 5.51. The smallest absolute Gasteiger partial charge is 0.231 e. The van der Waals surface area contributed by atoms with Gasteiger partial charge in [0, 0.05) is 5.56 Å². The van der Waals surface area contributed by atoms with Crippen LogP contribution >= 0.6 is 12.4 Å². The lowest BCUT2D eigenvalue weighted by molar-refractivity contribution is 0.229. The summed E-state index contributed by atoms with van der Waals surface area (Å²) in [5.41, 5.74) is 8.04. The molecular weight excluding hydrogens is 290 g/mol. The van der Waals surface area contributed by atoms with E-state index in [2.05, 4.69) is 16.2 Å². The first kappa shape index (κ1) is 15.8. The van der Waals surface area contributed by atoms with Crippen LogP contribution in [0.3, 0.4) is 0 Å². The maximum atomic E-state index is 6.20. The van der Waals surface area contributed by atoms with Gasteiger partial charge >= 0.3 is 0 Å². The SMILES string of the molecule is COc1ccc(C)cc1Cc1nc(C2(N)CCC2)no1.Cl. The predicted molar refractivity (Wildman–Crippen MR) is 81.8 cm³/mol. The highest BCUT2D eigenvalue weighted by atomic mass is 35.5. The van der Waals surface area contributed by atoms with E-state index in [1.165, 1.54) is 5.56 Å². The maximum Gasteiger partial charge on any atom is 0.231 e. The number of aromatic nitrogens is 2. The van der Waals surface area contributed by atoms with Crippen molar-refractivity contribution in [3.8, 4) is 5.75 Å². The van der Waals surface area contributed by atoms with Gasteiger partial charge in [0.25, 0.3) is 0 Å². The Labute approximate surface area is 130 Å². The Balaban J connectivity index is 0.00000161. The van der Waals surface area contributed by atoms with Gasteiger partial charge in [-0.25, -0.2) is 0 Å². The van der Waals surface area contributed by atoms with E-state index < -0.39 is 0 Å². The highest BCUT2D eigenvalue weighted by Crippen LogP contribution is 2.37. The molecule has 5 nitrogen and oxygen atoms in total. The molecular formula is C15H20ClN3O2. The van der Waals surface area contributed by atoms with E-state index in [4.69, 9.17) is 15.0 Å². The van der Waals surface area contributed by atoms with Crippen molar-refractivity contribution in [1.29, 1.82) is 0 Å². The third kappa shape index (κ3) is 3.04. The van der Waals surface area contributed by atoms with Crippen LogP contribution in [0.1, 0.15) is 42.1 Å². The zero-order chi connectivity index (χ0) is 14.2. The van der Waals surface area contributed by atoms with Gasteiger partial charge < -0.3 is 15.0 Å². The molecule has 2 N–H and O–H groups in total. The summed E-state index contributed by atoms with van der Waals surface area (Å²) in [6.07, 6.45) is 3.56. The van der Waals surface area contributed by atoms with E-state index >= 15 is 0 Å². The summed E-state index contributed by atoms with van der Waals surface area (Å²) in [6.45, 7) is 2.05. The Hall–Kier alpha value is -1.59. The first-order valence-electron chi connectivity index (χ1n) is 6.86. The average Bonchev–Trinajstić information content (AvgIpc) is 2.85. The van der Waals surface area contributed by atoms with Crippen LogP contribution in [0.25, 0.3) is 0 Å². The Morgan fingerprint density at radius 3 is 2.76 bits per heavy atom. The molecule has 1 aliphatic carbocycles. The molecule has 1 aromatic heterocycles. The summed E-state index contributed by atoms with van der Waals surface area (Å²) in [5, 5.41) is 4.03. The molecule has 1 saturated carbocycles. The third-order valence-corrected chi connectivity index (χ3v) is 3.94. The van der Waals surface area contributed by atoms with E-state index in [0.29, 0.717) is 18.1 Å². The van der Waals surface area contributed by atoms with Crippen molar-refractivity contribution in [2.75, 3.05) is 7.11 Å². The minimum Gasteiger partial charge on any atom is -0.496 e. The number of rotatable bonds is 4. The highest BCUT2D eigenvalue weighted by molar-refractivity contribution is 5.85. The standard InChI is InChI=1S/C15H19N3O2.ClH/c1-10-4-5-12(19-2)11(8-10)9-13-17-14(18-20-13)15(16)6-3-7-15;/h4-5,8H,3,6-7,9,16H2,1-2H3;1H. The largest absolute Gasteiger partial charge is 0.496 e. The van der Waals surface area contributed by atoms with Gasteiger partial charge in [0.15, 0.2) is 5.82 Å². The van der Waals surface area contributed by atoms with Crippen molar-refractivity contribution in [2.24, 2.45) is 5.73 Å². The van der Waals surface area contributed by atoms with Crippen molar-refractivity contribution < 1.29 is 9.26 Å². The van der Waals surface area contributed by atoms with E-state index in [1.807, 2.05) is 19.1 Å². The second-order valence-electron chi connectivity index (χ2n) is 5.51. The van der Waals surface area contributed by atoms with E-state index in [0.717, 1.165) is 30.6 Å². The molecule has 0 radical (unpaired) electrons. The van der Waals surface area contributed by atoms with Crippen molar-refractivity contribution >= 4 is 12.4 Å². The van der Waals surface area contributed by atoms with E-state index in [1.54, 1.807) is 7.11 Å². The van der Waals surface area contributed by atoms with Crippen LogP contribution in [0.4, 0.5) is 0 Å². The summed E-state index contributed by atoms with van der Waals surface area (Å²) >= 11 is 0. The first-order valence-corrected chi connectivity index (χ1v) is 6.86. The van der Waals surface area contributed by atoms with Crippen molar-refractivity contribution in [1.82, 2.24) is 10.1 Å². The number of hydrogen-bond acceptors (Lipinski definition) is 5. The molecule has 1 heterocycles. The van der Waals surface area contributed by atoms with Crippen LogP contribution in [0.5, 0.6) is 5.75 Å². The lowest BCUT2D eigenvalue weighted by Crippen LogP contribution is -2.44. The number of methoxy groups -OCH3 is 1. The molecule has 3 rings (SSSR count). The topological polar surface area (TPSA) is 74.2 Å². The number of nitrogens with two attached hydrogens (primary N) is 1. The number of ether oxygens (including phenoxy) is 1. The van der Waals surface area contributed by atoms with Crippen molar-refractivity contribution in [3.05, 3.63) is 41.0 Å². The number of benzene rings is 1. The maximum absolute atomic E-state index is 6.20. The van der Waals surface area contributed by atoms with Crippen LogP contribution < -0.4 is 10.5 Å². The van der Waals surface area contributed by atoms with Crippen LogP contribution in [0, 0.1) is 6.92 Å². The minimum atomic E-state index is -0.377. The summed E-state index contributed by atoms with van der Waals surface area (Å²) < 4.78 is 10.7. The predicted octanol–water partition coefficient (Wildman–Crippen LogP) is 2.74. The Bertz CT molecular complexity index is 623. The van der Waals surface area contributed by atoms with Gasteiger partial charge in [-0.2, -0.15) is 4.98 Å². The van der Waals surface area contributed by atoms with Crippen molar-refractivity contribution in [3.63, 3.8) is 0 Å². The molecule has 1 aromatic carbocycles. The normalized spacial score (nSPS) is 16.0. The number of halogens is 1. The lowest BCUT2D eigenvalue weighted by atomic mass is 9.77. The first-order chi connectivity index (χ1) is 9.60. The van der Waals surface area contributed by atoms with Gasteiger partial charge in [-0.3, -0.25) is 0 Å². The fourth-order valence-corrected chi connectivity index (χ4v) is 2.52. The molecule has 2 aromatic rings. The molecule has 0 spiro atoms. The van der Waals surface area contributed by atoms with Gasteiger partial charge in [0.1, 0.15) is 5.75 Å². The second kappa shape index (κ2) is 6.03. The zero-order valence-electron chi connectivity index (χ0n) is 12.3. The van der Waals surface area contributed by atoms with Crippen LogP contribution in [0.2, 0.25) is 0 Å². The molecule has 0 amide bonds. The van der Waals surface area contributed by atoms with Gasteiger partial charge in [-0.15, -0.1) is 12.4 Å². The Morgan fingerprint density at radius 2 is 2.14 bits per heavy atom. The van der Waals surface area contributed by atoms with Crippen LogP contribution in [0.15, 0.2) is 22.7 Å².